The minimum atomic E-state index is -4.89. The number of hydrogen-bond acceptors (Lipinski definition) is 3. The molecule has 0 bridgehead atoms. The highest BCUT2D eigenvalue weighted by molar-refractivity contribution is 6.11. The van der Waals surface area contributed by atoms with Crippen LogP contribution >= 0.6 is 0 Å². The predicted molar refractivity (Wildman–Crippen MR) is 94.9 cm³/mol. The van der Waals surface area contributed by atoms with Crippen molar-refractivity contribution >= 4 is 17.6 Å². The van der Waals surface area contributed by atoms with E-state index in [1.807, 2.05) is 0 Å². The smallest absolute Gasteiger partial charge is 0.312 e. The largest absolute Gasteiger partial charge is 0.465 e. The number of alkyl halides is 3. The van der Waals surface area contributed by atoms with Gasteiger partial charge in [0.1, 0.15) is 5.82 Å². The van der Waals surface area contributed by atoms with E-state index in [4.69, 9.17) is 0 Å². The first-order valence-electron chi connectivity index (χ1n) is 8.59. The number of nitrogens with one attached hydrogen (secondary N) is 2. The normalized spacial score (nSPS) is 20.0. The van der Waals surface area contributed by atoms with Gasteiger partial charge in [-0.05, 0) is 37.6 Å². The molecule has 2 N–H and O–H groups in total. The quantitative estimate of drug-likeness (QED) is 0.836. The van der Waals surface area contributed by atoms with Crippen molar-refractivity contribution in [2.75, 3.05) is 11.9 Å². The molecule has 2 aromatic rings. The summed E-state index contributed by atoms with van der Waals surface area (Å²) in [5.41, 5.74) is -1.93. The van der Waals surface area contributed by atoms with Crippen LogP contribution in [0.15, 0.2) is 48.5 Å². The Morgan fingerprint density at radius 1 is 1.15 bits per heavy atom. The van der Waals surface area contributed by atoms with Gasteiger partial charge < -0.3 is 5.32 Å². The van der Waals surface area contributed by atoms with Crippen LogP contribution in [0, 0.1) is 6.92 Å². The Labute approximate surface area is 154 Å². The summed E-state index contributed by atoms with van der Waals surface area (Å²) in [7, 11) is 0. The van der Waals surface area contributed by atoms with Gasteiger partial charge in [-0.2, -0.15) is 18.1 Å². The molecule has 27 heavy (non-hydrogen) atoms. The van der Waals surface area contributed by atoms with Crippen molar-refractivity contribution in [3.8, 4) is 0 Å². The molecule has 1 aliphatic rings. The second kappa shape index (κ2) is 7.02. The van der Waals surface area contributed by atoms with Gasteiger partial charge in [0.2, 0.25) is 0 Å². The number of benzene rings is 1. The first-order chi connectivity index (χ1) is 12.8. The number of hydrogen-bond donors (Lipinski definition) is 2. The number of carbonyl (C=O) groups excluding carboxylic acids is 1. The number of aromatic nitrogens is 1. The number of carbonyl (C=O) groups is 1. The molecule has 0 fully saturated rings. The van der Waals surface area contributed by atoms with Crippen LogP contribution in [0.5, 0.6) is 0 Å². The minimum Gasteiger partial charge on any atom is -0.312 e. The fourth-order valence-electron chi connectivity index (χ4n) is 3.02. The Balaban J connectivity index is 2.14. The summed E-state index contributed by atoms with van der Waals surface area (Å²) in [6, 6.07) is 13.2. The topological polar surface area (TPSA) is 59.2 Å². The lowest BCUT2D eigenvalue weighted by molar-refractivity contribution is -0.566. The van der Waals surface area contributed by atoms with Gasteiger partial charge in [0, 0.05) is 5.69 Å². The lowest BCUT2D eigenvalue weighted by Crippen LogP contribution is -2.94. The molecule has 1 atom stereocenters. The fourth-order valence-corrected chi connectivity index (χ4v) is 3.02. The van der Waals surface area contributed by atoms with E-state index >= 15 is 0 Å². The third-order valence-corrected chi connectivity index (χ3v) is 4.27. The first-order valence-corrected chi connectivity index (χ1v) is 8.59. The number of amidine groups is 1. The zero-order chi connectivity index (χ0) is 19.7. The van der Waals surface area contributed by atoms with Crippen LogP contribution < -0.4 is 10.3 Å². The molecule has 1 aliphatic heterocycles. The van der Waals surface area contributed by atoms with Gasteiger partial charge in [-0.3, -0.25) is 0 Å². The van der Waals surface area contributed by atoms with Crippen molar-refractivity contribution in [3.63, 3.8) is 0 Å². The first kappa shape index (κ1) is 18.9. The molecule has 0 saturated heterocycles. The number of anilines is 1. The summed E-state index contributed by atoms with van der Waals surface area (Å²) in [6.45, 7) is 3.64. The zero-order valence-corrected chi connectivity index (χ0v) is 15.0. The molecular weight excluding hydrogens is 357 g/mol. The highest BCUT2D eigenvalue weighted by Crippen LogP contribution is 2.32. The zero-order valence-electron chi connectivity index (χ0n) is 15.0. The maximum Gasteiger partial charge on any atom is 0.465 e. The fraction of sp³-hybridized carbons (Fsp3) is 0.316. The number of pyridine rings is 1. The van der Waals surface area contributed by atoms with Gasteiger partial charge in [0.25, 0.3) is 5.84 Å². The molecule has 1 amide bonds. The van der Waals surface area contributed by atoms with E-state index in [-0.39, 0.29) is 18.2 Å². The van der Waals surface area contributed by atoms with Gasteiger partial charge in [-0.1, -0.05) is 31.2 Å². The van der Waals surface area contributed by atoms with E-state index in [1.165, 1.54) is 6.07 Å². The molecule has 142 valence electrons. The maximum absolute atomic E-state index is 14.1. The van der Waals surface area contributed by atoms with E-state index in [9.17, 15) is 18.0 Å². The van der Waals surface area contributed by atoms with Gasteiger partial charge >= 0.3 is 17.7 Å². The van der Waals surface area contributed by atoms with Crippen LogP contribution in [0.2, 0.25) is 0 Å². The van der Waals surface area contributed by atoms with Crippen LogP contribution in [0.1, 0.15) is 24.6 Å². The molecule has 0 aliphatic carbocycles. The molecular formula is C19H20F3N4O+. The van der Waals surface area contributed by atoms with Crippen LogP contribution in [0.4, 0.5) is 19.0 Å². The van der Waals surface area contributed by atoms with E-state index < -0.39 is 17.7 Å². The lowest BCUT2D eigenvalue weighted by atomic mass is 10.1. The third kappa shape index (κ3) is 3.39. The minimum absolute atomic E-state index is 0.0288. The lowest BCUT2D eigenvalue weighted by Gasteiger charge is -2.25. The van der Waals surface area contributed by atoms with Crippen LogP contribution in [-0.2, 0) is 4.79 Å². The summed E-state index contributed by atoms with van der Waals surface area (Å²) in [6.07, 6.45) is -4.38. The van der Waals surface area contributed by atoms with Crippen molar-refractivity contribution in [1.82, 2.24) is 9.88 Å². The van der Waals surface area contributed by atoms with Gasteiger partial charge in [0.05, 0.1) is 12.1 Å². The van der Waals surface area contributed by atoms with Crippen molar-refractivity contribution in [1.29, 1.82) is 0 Å². The molecule has 0 spiro atoms. The molecule has 3 rings (SSSR count). The molecule has 0 radical (unpaired) electrons. The molecule has 8 heteroatoms. The van der Waals surface area contributed by atoms with Crippen molar-refractivity contribution in [3.05, 3.63) is 59.8 Å². The molecule has 2 heterocycles. The number of aryl methyl sites for hydroxylation is 1. The average molecular weight is 377 g/mol. The number of nitrogens with zero attached hydrogens (tertiary/aromatic N) is 2. The number of rotatable bonds is 5. The van der Waals surface area contributed by atoms with Crippen molar-refractivity contribution in [2.24, 2.45) is 0 Å². The third-order valence-electron chi connectivity index (χ3n) is 4.27. The molecule has 0 saturated carbocycles. The second-order valence-corrected chi connectivity index (χ2v) is 6.33. The summed E-state index contributed by atoms with van der Waals surface area (Å²) >= 11 is 0. The highest BCUT2D eigenvalue weighted by Gasteiger charge is 2.71. The predicted octanol–water partition coefficient (Wildman–Crippen LogP) is 1.84. The summed E-state index contributed by atoms with van der Waals surface area (Å²) in [5, 5.41) is 2.31. The molecule has 1 aromatic carbocycles. The van der Waals surface area contributed by atoms with Crippen molar-refractivity contribution < 1.29 is 23.0 Å². The van der Waals surface area contributed by atoms with Gasteiger partial charge in [-0.15, -0.1) is 0 Å². The molecule has 1 aromatic heterocycles. The monoisotopic (exact) mass is 377 g/mol. The van der Waals surface area contributed by atoms with E-state index in [1.54, 1.807) is 56.3 Å². The van der Waals surface area contributed by atoms with E-state index in [0.717, 1.165) is 4.90 Å². The number of halogens is 3. The van der Waals surface area contributed by atoms with Crippen LogP contribution in [0.3, 0.4) is 0 Å². The maximum atomic E-state index is 14.1. The summed E-state index contributed by atoms with van der Waals surface area (Å²) < 4.78 is 42.4. The average Bonchev–Trinajstić information content (AvgIpc) is 2.90. The van der Waals surface area contributed by atoms with Crippen LogP contribution in [-0.4, -0.2) is 40.0 Å². The highest BCUT2D eigenvalue weighted by atomic mass is 19.4. The SMILES string of the molecule is CCCN1C(=O)[C@@](Nc2cccc(C)n2)(C(F)(F)F)[NH+]=C1c1ccccc1. The van der Waals surface area contributed by atoms with Crippen LogP contribution in [0.25, 0.3) is 0 Å². The second-order valence-electron chi connectivity index (χ2n) is 6.33. The Morgan fingerprint density at radius 3 is 2.44 bits per heavy atom. The standard InChI is InChI=1S/C19H19F3N4O/c1-3-12-26-16(14-9-5-4-6-10-14)25-18(17(26)27,19(20,21)22)24-15-11-7-8-13(2)23-15/h4-11H,3,12H2,1-2H3,(H,23,24)/p+1/t18-/m0/s1. The number of amides is 1. The Morgan fingerprint density at radius 2 is 1.85 bits per heavy atom. The molecule has 5 nitrogen and oxygen atoms in total. The molecule has 0 unspecified atom stereocenters. The Hall–Kier alpha value is -2.90. The Kier molecular flexibility index (Phi) is 4.91. The van der Waals surface area contributed by atoms with Gasteiger partial charge in [0.15, 0.2) is 0 Å². The summed E-state index contributed by atoms with van der Waals surface area (Å²) in [5.74, 6) is -1.00. The van der Waals surface area contributed by atoms with E-state index in [2.05, 4.69) is 15.3 Å². The van der Waals surface area contributed by atoms with Gasteiger partial charge in [-0.25, -0.2) is 14.8 Å². The Bertz CT molecular complexity index is 867. The van der Waals surface area contributed by atoms with E-state index in [0.29, 0.717) is 17.7 Å². The summed E-state index contributed by atoms with van der Waals surface area (Å²) in [4.78, 5) is 20.6. The van der Waals surface area contributed by atoms with Crippen molar-refractivity contribution in [2.45, 2.75) is 32.1 Å².